The molecule has 29 heavy (non-hydrogen) atoms. The standard InChI is InChI=1S/C21H17FN2O5/c22-14-6-8-15(9-7-14)27-10-3-11-28-18(25)12-24-13-23-19-16-4-1-2-5-17(16)29-20(19)21(24)26/h1-2,4-9,13H,3,10-12H2. The Hall–Kier alpha value is -3.68. The number of carbonyl (C=O) groups excluding carboxylic acids is 1. The number of hydrogen-bond acceptors (Lipinski definition) is 6. The van der Waals surface area contributed by atoms with E-state index in [-0.39, 0.29) is 24.6 Å². The van der Waals surface area contributed by atoms with Crippen LogP contribution in [0.5, 0.6) is 5.75 Å². The van der Waals surface area contributed by atoms with E-state index in [2.05, 4.69) is 4.98 Å². The average molecular weight is 396 g/mol. The van der Waals surface area contributed by atoms with Gasteiger partial charge in [-0.05, 0) is 36.4 Å². The normalized spacial score (nSPS) is 11.1. The molecule has 0 saturated heterocycles. The Bertz CT molecular complexity index is 1210. The summed E-state index contributed by atoms with van der Waals surface area (Å²) in [6, 6.07) is 12.9. The van der Waals surface area contributed by atoms with Gasteiger partial charge in [0.05, 0.1) is 19.5 Å². The SMILES string of the molecule is O=C(Cn1cnc2c(oc3ccccc32)c1=O)OCCCOc1ccc(F)cc1. The second-order valence-corrected chi connectivity index (χ2v) is 6.33. The van der Waals surface area contributed by atoms with Gasteiger partial charge in [0, 0.05) is 11.8 Å². The zero-order chi connectivity index (χ0) is 20.2. The molecule has 4 aromatic rings. The Morgan fingerprint density at radius 3 is 2.72 bits per heavy atom. The lowest BCUT2D eigenvalue weighted by Gasteiger charge is -2.08. The minimum atomic E-state index is -0.564. The molecule has 2 aromatic heterocycles. The molecule has 0 saturated carbocycles. The van der Waals surface area contributed by atoms with E-state index < -0.39 is 11.5 Å². The number of benzene rings is 2. The molecule has 0 N–H and O–H groups in total. The van der Waals surface area contributed by atoms with Gasteiger partial charge >= 0.3 is 5.97 Å². The first kappa shape index (κ1) is 18.7. The molecule has 2 aromatic carbocycles. The van der Waals surface area contributed by atoms with E-state index in [1.54, 1.807) is 12.1 Å². The fourth-order valence-electron chi connectivity index (χ4n) is 2.88. The van der Waals surface area contributed by atoms with E-state index >= 15 is 0 Å². The van der Waals surface area contributed by atoms with Crippen LogP contribution in [0.3, 0.4) is 0 Å². The monoisotopic (exact) mass is 396 g/mol. The number of halogens is 1. The van der Waals surface area contributed by atoms with Gasteiger partial charge in [-0.2, -0.15) is 0 Å². The Kier molecular flexibility index (Phi) is 5.24. The van der Waals surface area contributed by atoms with Crippen LogP contribution in [0.2, 0.25) is 0 Å². The maximum atomic E-state index is 12.8. The van der Waals surface area contributed by atoms with Crippen molar-refractivity contribution in [3.05, 3.63) is 71.0 Å². The first-order valence-corrected chi connectivity index (χ1v) is 9.02. The second-order valence-electron chi connectivity index (χ2n) is 6.33. The Morgan fingerprint density at radius 1 is 1.10 bits per heavy atom. The Morgan fingerprint density at radius 2 is 1.90 bits per heavy atom. The molecular formula is C21H17FN2O5. The number of esters is 1. The van der Waals surface area contributed by atoms with Crippen molar-refractivity contribution in [3.8, 4) is 5.75 Å². The summed E-state index contributed by atoms with van der Waals surface area (Å²) in [7, 11) is 0. The topological polar surface area (TPSA) is 83.6 Å². The number of fused-ring (bicyclic) bond motifs is 3. The Labute approximate surface area is 164 Å². The van der Waals surface area contributed by atoms with E-state index in [9.17, 15) is 14.0 Å². The van der Waals surface area contributed by atoms with Crippen molar-refractivity contribution < 1.29 is 23.1 Å². The van der Waals surface area contributed by atoms with Crippen molar-refractivity contribution in [1.29, 1.82) is 0 Å². The van der Waals surface area contributed by atoms with Crippen molar-refractivity contribution >= 4 is 28.0 Å². The molecule has 0 spiro atoms. The van der Waals surface area contributed by atoms with Gasteiger partial charge in [-0.1, -0.05) is 12.1 Å². The minimum Gasteiger partial charge on any atom is -0.493 e. The van der Waals surface area contributed by atoms with Gasteiger partial charge in [-0.25, -0.2) is 9.37 Å². The van der Waals surface area contributed by atoms with Crippen LogP contribution in [0.1, 0.15) is 6.42 Å². The molecule has 0 atom stereocenters. The molecule has 2 heterocycles. The van der Waals surface area contributed by atoms with Crippen LogP contribution >= 0.6 is 0 Å². The second kappa shape index (κ2) is 8.14. The third-order valence-electron chi connectivity index (χ3n) is 4.28. The van der Waals surface area contributed by atoms with Crippen molar-refractivity contribution in [2.45, 2.75) is 13.0 Å². The van der Waals surface area contributed by atoms with Gasteiger partial charge in [0.2, 0.25) is 5.58 Å². The van der Waals surface area contributed by atoms with Gasteiger partial charge < -0.3 is 13.9 Å². The molecular weight excluding hydrogens is 379 g/mol. The van der Waals surface area contributed by atoms with Gasteiger partial charge in [0.1, 0.15) is 29.2 Å². The predicted molar refractivity (Wildman–Crippen MR) is 103 cm³/mol. The summed E-state index contributed by atoms with van der Waals surface area (Å²) in [5.74, 6) is -0.363. The van der Waals surface area contributed by atoms with Crippen molar-refractivity contribution in [3.63, 3.8) is 0 Å². The molecule has 0 aliphatic heterocycles. The maximum absolute atomic E-state index is 12.8. The smallest absolute Gasteiger partial charge is 0.326 e. The number of rotatable bonds is 7. The van der Waals surface area contributed by atoms with Crippen molar-refractivity contribution in [2.24, 2.45) is 0 Å². The summed E-state index contributed by atoms with van der Waals surface area (Å²) in [6.45, 7) is 0.179. The third-order valence-corrected chi connectivity index (χ3v) is 4.28. The van der Waals surface area contributed by atoms with Crippen LogP contribution in [-0.2, 0) is 16.1 Å². The van der Waals surface area contributed by atoms with Gasteiger partial charge in [-0.3, -0.25) is 14.2 Å². The highest BCUT2D eigenvalue weighted by atomic mass is 19.1. The molecule has 0 amide bonds. The molecule has 148 valence electrons. The summed E-state index contributed by atoms with van der Waals surface area (Å²) >= 11 is 0. The van der Waals surface area contributed by atoms with E-state index in [4.69, 9.17) is 13.9 Å². The van der Waals surface area contributed by atoms with Crippen molar-refractivity contribution in [1.82, 2.24) is 9.55 Å². The summed E-state index contributed by atoms with van der Waals surface area (Å²) < 4.78 is 30.1. The molecule has 8 heteroatoms. The minimum absolute atomic E-state index is 0.106. The number of hydrogen-bond donors (Lipinski definition) is 0. The molecule has 0 aliphatic rings. The number of ether oxygens (including phenoxy) is 2. The maximum Gasteiger partial charge on any atom is 0.326 e. The summed E-state index contributed by atoms with van der Waals surface area (Å²) in [5.41, 5.74) is 0.693. The summed E-state index contributed by atoms with van der Waals surface area (Å²) in [4.78, 5) is 28.8. The van der Waals surface area contributed by atoms with E-state index in [0.29, 0.717) is 29.9 Å². The summed E-state index contributed by atoms with van der Waals surface area (Å²) in [6.07, 6.45) is 1.77. The van der Waals surface area contributed by atoms with E-state index in [1.807, 2.05) is 12.1 Å². The number of furan rings is 1. The fraction of sp³-hybridized carbons (Fsp3) is 0.190. The molecule has 0 radical (unpaired) electrons. The molecule has 0 fully saturated rings. The number of para-hydroxylation sites is 1. The first-order valence-electron chi connectivity index (χ1n) is 9.02. The van der Waals surface area contributed by atoms with Crippen LogP contribution < -0.4 is 10.3 Å². The highest BCUT2D eigenvalue weighted by Gasteiger charge is 2.14. The number of aromatic nitrogens is 2. The van der Waals surface area contributed by atoms with Crippen molar-refractivity contribution in [2.75, 3.05) is 13.2 Å². The van der Waals surface area contributed by atoms with Gasteiger partial charge in [0.25, 0.3) is 5.56 Å². The lowest BCUT2D eigenvalue weighted by molar-refractivity contribution is -0.144. The van der Waals surface area contributed by atoms with Gasteiger partial charge in [-0.15, -0.1) is 0 Å². The van der Waals surface area contributed by atoms with E-state index in [1.165, 1.54) is 30.6 Å². The Balaban J connectivity index is 1.32. The quantitative estimate of drug-likeness (QED) is 0.352. The van der Waals surface area contributed by atoms with Crippen LogP contribution in [0.15, 0.2) is 64.1 Å². The molecule has 0 aliphatic carbocycles. The lowest BCUT2D eigenvalue weighted by Crippen LogP contribution is -2.25. The highest BCUT2D eigenvalue weighted by molar-refractivity contribution is 6.01. The largest absolute Gasteiger partial charge is 0.493 e. The molecule has 0 bridgehead atoms. The average Bonchev–Trinajstić information content (AvgIpc) is 3.11. The van der Waals surface area contributed by atoms with Gasteiger partial charge in [0.15, 0.2) is 0 Å². The molecule has 7 nitrogen and oxygen atoms in total. The number of carbonyl (C=O) groups is 1. The van der Waals surface area contributed by atoms with E-state index in [0.717, 1.165) is 9.95 Å². The zero-order valence-electron chi connectivity index (χ0n) is 15.3. The zero-order valence-corrected chi connectivity index (χ0v) is 15.3. The van der Waals surface area contributed by atoms with Crippen LogP contribution in [0.4, 0.5) is 4.39 Å². The first-order chi connectivity index (χ1) is 14.1. The molecule has 0 unspecified atom stereocenters. The summed E-state index contributed by atoms with van der Waals surface area (Å²) in [5, 5.41) is 0.746. The highest BCUT2D eigenvalue weighted by Crippen LogP contribution is 2.24. The third kappa shape index (κ3) is 4.11. The fourth-order valence-corrected chi connectivity index (χ4v) is 2.88. The van der Waals surface area contributed by atoms with Crippen LogP contribution in [0, 0.1) is 5.82 Å². The number of nitrogens with zero attached hydrogens (tertiary/aromatic N) is 2. The predicted octanol–water partition coefficient (Wildman–Crippen LogP) is 3.29. The molecule has 4 rings (SSSR count). The lowest BCUT2D eigenvalue weighted by atomic mass is 10.2. The van der Waals surface area contributed by atoms with Crippen LogP contribution in [-0.4, -0.2) is 28.7 Å². The van der Waals surface area contributed by atoms with Crippen LogP contribution in [0.25, 0.3) is 22.1 Å².